The van der Waals surface area contributed by atoms with E-state index in [4.69, 9.17) is 4.74 Å². The maximum absolute atomic E-state index is 11.4. The lowest BCUT2D eigenvalue weighted by atomic mass is 10.3. The third-order valence-corrected chi connectivity index (χ3v) is 2.17. The van der Waals surface area contributed by atoms with Gasteiger partial charge >= 0.3 is 5.97 Å². The van der Waals surface area contributed by atoms with Crippen LogP contribution in [0.3, 0.4) is 0 Å². The van der Waals surface area contributed by atoms with E-state index in [1.165, 1.54) is 10.6 Å². The normalized spacial score (nSPS) is 10.6. The minimum atomic E-state index is -0.565. The van der Waals surface area contributed by atoms with Crippen molar-refractivity contribution in [2.75, 3.05) is 6.61 Å². The van der Waals surface area contributed by atoms with E-state index in [9.17, 15) is 9.90 Å². The van der Waals surface area contributed by atoms with E-state index >= 15 is 0 Å². The molecule has 0 fully saturated rings. The Hall–Kier alpha value is -2.11. The summed E-state index contributed by atoms with van der Waals surface area (Å²) in [7, 11) is 0. The van der Waals surface area contributed by atoms with Gasteiger partial charge in [-0.3, -0.25) is 0 Å². The summed E-state index contributed by atoms with van der Waals surface area (Å²) in [5, 5.41) is 13.4. The summed E-state index contributed by atoms with van der Waals surface area (Å²) in [6, 6.07) is 3.09. The highest BCUT2D eigenvalue weighted by molar-refractivity contribution is 5.85. The maximum Gasteiger partial charge on any atom is 0.378 e. The summed E-state index contributed by atoms with van der Waals surface area (Å²) in [4.78, 5) is 15.4. The van der Waals surface area contributed by atoms with E-state index in [2.05, 4.69) is 10.1 Å². The Morgan fingerprint density at radius 3 is 3.00 bits per heavy atom. The van der Waals surface area contributed by atoms with Crippen molar-refractivity contribution in [2.24, 2.45) is 0 Å². The molecule has 2 heterocycles. The van der Waals surface area contributed by atoms with Crippen LogP contribution >= 0.6 is 0 Å². The van der Waals surface area contributed by atoms with Crippen molar-refractivity contribution in [3.05, 3.63) is 23.7 Å². The van der Waals surface area contributed by atoms with Crippen LogP contribution in [0.15, 0.2) is 12.1 Å². The molecule has 16 heavy (non-hydrogen) atoms. The second kappa shape index (κ2) is 3.80. The van der Waals surface area contributed by atoms with Gasteiger partial charge in [-0.05, 0) is 26.0 Å². The van der Waals surface area contributed by atoms with Crippen LogP contribution in [0, 0.1) is 6.92 Å². The molecule has 0 bridgehead atoms. The number of nitrogens with zero attached hydrogens (tertiary/aromatic N) is 3. The average Bonchev–Trinajstić information content (AvgIpc) is 2.69. The minimum absolute atomic E-state index is 0.00412. The van der Waals surface area contributed by atoms with Gasteiger partial charge in [-0.1, -0.05) is 0 Å². The van der Waals surface area contributed by atoms with Gasteiger partial charge in [0.25, 0.3) is 5.82 Å². The topological polar surface area (TPSA) is 76.7 Å². The lowest BCUT2D eigenvalue weighted by Gasteiger charge is -1.99. The van der Waals surface area contributed by atoms with Crippen LogP contribution in [0.4, 0.5) is 0 Å². The number of rotatable bonds is 2. The average molecular weight is 221 g/mol. The molecule has 0 unspecified atom stereocenters. The Morgan fingerprint density at radius 1 is 1.56 bits per heavy atom. The first-order valence-electron chi connectivity index (χ1n) is 4.86. The van der Waals surface area contributed by atoms with Crippen molar-refractivity contribution in [3.63, 3.8) is 0 Å². The zero-order valence-corrected chi connectivity index (χ0v) is 8.97. The molecule has 0 saturated heterocycles. The molecule has 0 radical (unpaired) electrons. The number of pyridine rings is 1. The van der Waals surface area contributed by atoms with Crippen LogP contribution in [-0.2, 0) is 4.74 Å². The molecule has 6 nitrogen and oxygen atoms in total. The minimum Gasteiger partial charge on any atom is -0.506 e. The fraction of sp³-hybridized carbons (Fsp3) is 0.300. The second-order valence-electron chi connectivity index (χ2n) is 3.23. The van der Waals surface area contributed by atoms with Crippen molar-refractivity contribution in [2.45, 2.75) is 13.8 Å². The quantitative estimate of drug-likeness (QED) is 0.763. The zero-order chi connectivity index (χ0) is 11.7. The van der Waals surface area contributed by atoms with Crippen molar-refractivity contribution < 1.29 is 14.6 Å². The van der Waals surface area contributed by atoms with Gasteiger partial charge in [-0.2, -0.15) is 0 Å². The van der Waals surface area contributed by atoms with Gasteiger partial charge in [0.05, 0.1) is 12.3 Å². The molecule has 0 amide bonds. The number of hydrogen-bond donors (Lipinski definition) is 1. The van der Waals surface area contributed by atoms with E-state index in [0.29, 0.717) is 11.3 Å². The van der Waals surface area contributed by atoms with Crippen LogP contribution in [0.2, 0.25) is 0 Å². The summed E-state index contributed by atoms with van der Waals surface area (Å²) < 4.78 is 6.19. The van der Waals surface area contributed by atoms with Gasteiger partial charge in [0.1, 0.15) is 5.75 Å². The number of hydrogen-bond acceptors (Lipinski definition) is 5. The first kappa shape index (κ1) is 10.4. The number of aromatic nitrogens is 3. The van der Waals surface area contributed by atoms with Crippen molar-refractivity contribution in [1.82, 2.24) is 14.6 Å². The predicted molar refractivity (Wildman–Crippen MR) is 55.3 cm³/mol. The molecular formula is C10H11N3O3. The van der Waals surface area contributed by atoms with Gasteiger partial charge in [-0.15, -0.1) is 5.10 Å². The molecule has 84 valence electrons. The highest BCUT2D eigenvalue weighted by Gasteiger charge is 2.15. The number of aryl methyl sites for hydroxylation is 1. The summed E-state index contributed by atoms with van der Waals surface area (Å²) >= 11 is 0. The molecule has 1 N–H and O–H groups in total. The molecule has 2 aromatic rings. The molecular weight excluding hydrogens is 210 g/mol. The van der Waals surface area contributed by atoms with E-state index in [0.717, 1.165) is 0 Å². The monoisotopic (exact) mass is 221 g/mol. The number of ether oxygens (including phenoxy) is 1. The van der Waals surface area contributed by atoms with Crippen LogP contribution < -0.4 is 0 Å². The van der Waals surface area contributed by atoms with Crippen LogP contribution in [0.5, 0.6) is 5.75 Å². The molecule has 0 aliphatic rings. The van der Waals surface area contributed by atoms with Crippen molar-refractivity contribution >= 4 is 11.6 Å². The van der Waals surface area contributed by atoms with Crippen LogP contribution in [0.25, 0.3) is 5.65 Å². The number of carbonyl (C=O) groups is 1. The Bertz CT molecular complexity index is 547. The number of aromatic hydroxyl groups is 1. The Morgan fingerprint density at radius 2 is 2.31 bits per heavy atom. The third kappa shape index (κ3) is 1.58. The molecule has 0 spiro atoms. The first-order valence-corrected chi connectivity index (χ1v) is 4.86. The highest BCUT2D eigenvalue weighted by atomic mass is 16.5. The van der Waals surface area contributed by atoms with Gasteiger partial charge in [-0.25, -0.2) is 14.3 Å². The fourth-order valence-corrected chi connectivity index (χ4v) is 1.34. The zero-order valence-electron chi connectivity index (χ0n) is 8.97. The molecule has 0 atom stereocenters. The molecule has 2 aromatic heterocycles. The second-order valence-corrected chi connectivity index (χ2v) is 3.23. The number of fused-ring (bicyclic) bond motifs is 1. The molecule has 0 aliphatic carbocycles. The maximum atomic E-state index is 11.4. The largest absolute Gasteiger partial charge is 0.506 e. The SMILES string of the molecule is CCOC(=O)c1nc2ccc(O)c(C)n2n1. The Balaban J connectivity index is 2.52. The Kier molecular flexibility index (Phi) is 2.47. The summed E-state index contributed by atoms with van der Waals surface area (Å²) in [6.45, 7) is 3.68. The highest BCUT2D eigenvalue weighted by Crippen LogP contribution is 2.16. The lowest BCUT2D eigenvalue weighted by molar-refractivity contribution is 0.0512. The standard InChI is InChI=1S/C10H11N3O3/c1-3-16-10(15)9-11-8-5-4-7(14)6(2)13(8)12-9/h4-5,14H,3H2,1-2H3. The van der Waals surface area contributed by atoms with E-state index < -0.39 is 5.97 Å². The molecule has 2 rings (SSSR count). The van der Waals surface area contributed by atoms with E-state index in [-0.39, 0.29) is 18.2 Å². The Labute approximate surface area is 91.5 Å². The van der Waals surface area contributed by atoms with Crippen molar-refractivity contribution in [1.29, 1.82) is 0 Å². The molecule has 0 saturated carbocycles. The number of carbonyl (C=O) groups excluding carboxylic acids is 1. The van der Waals surface area contributed by atoms with E-state index in [1.54, 1.807) is 19.9 Å². The number of esters is 1. The van der Waals surface area contributed by atoms with Crippen molar-refractivity contribution in [3.8, 4) is 5.75 Å². The predicted octanol–water partition coefficient (Wildman–Crippen LogP) is 0.920. The van der Waals surface area contributed by atoms with Crippen LogP contribution in [0.1, 0.15) is 23.2 Å². The summed E-state index contributed by atoms with van der Waals surface area (Å²) in [5.41, 5.74) is 1.03. The van der Waals surface area contributed by atoms with Gasteiger partial charge in [0.15, 0.2) is 5.65 Å². The van der Waals surface area contributed by atoms with Gasteiger partial charge in [0, 0.05) is 0 Å². The van der Waals surface area contributed by atoms with Crippen LogP contribution in [-0.4, -0.2) is 32.3 Å². The molecule has 0 aromatic carbocycles. The fourth-order valence-electron chi connectivity index (χ4n) is 1.34. The smallest absolute Gasteiger partial charge is 0.378 e. The lowest BCUT2D eigenvalue weighted by Crippen LogP contribution is -2.07. The third-order valence-electron chi connectivity index (χ3n) is 2.17. The summed E-state index contributed by atoms with van der Waals surface area (Å²) in [6.07, 6.45) is 0. The molecule has 0 aliphatic heterocycles. The first-order chi connectivity index (χ1) is 7.63. The van der Waals surface area contributed by atoms with Gasteiger partial charge < -0.3 is 9.84 Å². The molecule has 6 heteroatoms. The van der Waals surface area contributed by atoms with E-state index in [1.807, 2.05) is 0 Å². The van der Waals surface area contributed by atoms with Gasteiger partial charge in [0.2, 0.25) is 0 Å². The summed E-state index contributed by atoms with van der Waals surface area (Å²) in [5.74, 6) is -0.464.